The predicted octanol–water partition coefficient (Wildman–Crippen LogP) is 4.32. The number of alkyl halides is 3. The van der Waals surface area contributed by atoms with Crippen LogP contribution in [0.25, 0.3) is 6.08 Å². The Morgan fingerprint density at radius 3 is 2.48 bits per heavy atom. The van der Waals surface area contributed by atoms with E-state index in [1.165, 1.54) is 31.4 Å². The van der Waals surface area contributed by atoms with Crippen molar-refractivity contribution in [2.75, 3.05) is 12.0 Å². The number of anilines is 1. The summed E-state index contributed by atoms with van der Waals surface area (Å²) in [5, 5.41) is 12.7. The number of carbonyl (C=O) groups excluding carboxylic acids is 1. The van der Waals surface area contributed by atoms with E-state index in [0.717, 1.165) is 17.0 Å². The number of nitrogens with zero attached hydrogens (tertiary/aromatic N) is 1. The number of methoxy groups -OCH3 is 1. The average Bonchev–Trinajstić information content (AvgIpc) is 2.91. The highest BCUT2D eigenvalue weighted by atomic mass is 79.9. The van der Waals surface area contributed by atoms with Crippen LogP contribution in [0.4, 0.5) is 18.9 Å². The Bertz CT molecular complexity index is 1010. The number of thiocarbonyl (C=S) groups is 1. The highest BCUT2D eigenvalue weighted by Crippen LogP contribution is 2.36. The zero-order valence-electron chi connectivity index (χ0n) is 14.6. The van der Waals surface area contributed by atoms with Crippen molar-refractivity contribution in [3.63, 3.8) is 0 Å². The van der Waals surface area contributed by atoms with Gasteiger partial charge in [0.25, 0.3) is 5.91 Å². The molecule has 1 fully saturated rings. The zero-order chi connectivity index (χ0) is 21.3. The molecule has 0 aromatic heterocycles. The Hall–Kier alpha value is -2.79. The Balaban J connectivity index is 1.87. The molecule has 2 aromatic carbocycles. The fourth-order valence-electron chi connectivity index (χ4n) is 2.57. The number of benzene rings is 2. The summed E-state index contributed by atoms with van der Waals surface area (Å²) < 4.78 is 46.1. The predicted molar refractivity (Wildman–Crippen MR) is 107 cm³/mol. The van der Waals surface area contributed by atoms with Crippen molar-refractivity contribution in [2.45, 2.75) is 6.36 Å². The second-order valence-corrected chi connectivity index (χ2v) is 6.97. The van der Waals surface area contributed by atoms with Gasteiger partial charge in [0.15, 0.2) is 16.6 Å². The largest absolute Gasteiger partial charge is 0.573 e. The van der Waals surface area contributed by atoms with Crippen LogP contribution in [0.15, 0.2) is 46.6 Å². The number of hydrogen-bond donors (Lipinski definition) is 2. The van der Waals surface area contributed by atoms with Crippen molar-refractivity contribution in [3.8, 4) is 17.2 Å². The highest BCUT2D eigenvalue weighted by Gasteiger charge is 2.33. The third kappa shape index (κ3) is 4.62. The summed E-state index contributed by atoms with van der Waals surface area (Å²) in [5.74, 6) is -0.791. The molecule has 1 aliphatic heterocycles. The fourth-order valence-corrected chi connectivity index (χ4v) is 3.32. The molecule has 0 spiro atoms. The molecule has 29 heavy (non-hydrogen) atoms. The maximum Gasteiger partial charge on any atom is 0.573 e. The number of phenols is 1. The lowest BCUT2D eigenvalue weighted by Gasteiger charge is -2.15. The number of ether oxygens (including phenoxy) is 2. The summed E-state index contributed by atoms with van der Waals surface area (Å²) in [5.41, 5.74) is 0.959. The molecule has 0 radical (unpaired) electrons. The zero-order valence-corrected chi connectivity index (χ0v) is 17.0. The molecule has 152 valence electrons. The second kappa shape index (κ2) is 7.91. The summed E-state index contributed by atoms with van der Waals surface area (Å²) in [6.45, 7) is 0. The van der Waals surface area contributed by atoms with Crippen molar-refractivity contribution in [2.24, 2.45) is 0 Å². The summed E-state index contributed by atoms with van der Waals surface area (Å²) in [7, 11) is 1.39. The number of halogens is 4. The van der Waals surface area contributed by atoms with Crippen LogP contribution >= 0.6 is 28.1 Å². The Kier molecular flexibility index (Phi) is 5.71. The second-order valence-electron chi connectivity index (χ2n) is 5.72. The van der Waals surface area contributed by atoms with Crippen LogP contribution < -0.4 is 19.7 Å². The smallest absolute Gasteiger partial charge is 0.503 e. The molecular formula is C18H12BrF3N2O4S. The quantitative estimate of drug-likeness (QED) is 0.493. The van der Waals surface area contributed by atoms with Crippen LogP contribution in [0, 0.1) is 0 Å². The van der Waals surface area contributed by atoms with E-state index in [2.05, 4.69) is 26.0 Å². The van der Waals surface area contributed by atoms with E-state index < -0.39 is 18.0 Å². The van der Waals surface area contributed by atoms with E-state index in [9.17, 15) is 23.1 Å². The van der Waals surface area contributed by atoms with Gasteiger partial charge in [-0.1, -0.05) is 0 Å². The Labute approximate surface area is 176 Å². The number of carbonyl (C=O) groups is 1. The topological polar surface area (TPSA) is 71.0 Å². The molecule has 1 heterocycles. The molecule has 0 atom stereocenters. The van der Waals surface area contributed by atoms with Crippen LogP contribution in [0.2, 0.25) is 0 Å². The minimum absolute atomic E-state index is 0.0653. The first-order chi connectivity index (χ1) is 13.6. The average molecular weight is 489 g/mol. The van der Waals surface area contributed by atoms with Crippen LogP contribution in [0.5, 0.6) is 17.2 Å². The molecule has 3 rings (SSSR count). The van der Waals surface area contributed by atoms with Crippen LogP contribution in [0.1, 0.15) is 5.56 Å². The van der Waals surface area contributed by atoms with Gasteiger partial charge in [0.1, 0.15) is 11.4 Å². The van der Waals surface area contributed by atoms with Gasteiger partial charge in [-0.25, -0.2) is 0 Å². The van der Waals surface area contributed by atoms with Crippen molar-refractivity contribution in [1.82, 2.24) is 5.32 Å². The Morgan fingerprint density at radius 2 is 1.90 bits per heavy atom. The standard InChI is InChI=1S/C18H12BrF3N2O4S/c1-27-14-8-9(6-12(19)15(14)25)7-13-16(26)24(17(29)23-13)10-2-4-11(5-3-10)28-18(20,21)22/h2-8,25H,1H3,(H,23,29)/b13-7-. The summed E-state index contributed by atoms with van der Waals surface area (Å²) in [4.78, 5) is 13.9. The maximum absolute atomic E-state index is 12.7. The van der Waals surface area contributed by atoms with E-state index in [4.69, 9.17) is 17.0 Å². The SMILES string of the molecule is COc1cc(/C=C2\NC(=S)N(c3ccc(OC(F)(F)F)cc3)C2=O)cc(Br)c1O. The summed E-state index contributed by atoms with van der Waals surface area (Å²) >= 11 is 8.37. The van der Waals surface area contributed by atoms with Crippen molar-refractivity contribution < 1.29 is 32.5 Å². The lowest BCUT2D eigenvalue weighted by Crippen LogP contribution is -2.30. The number of amides is 1. The van der Waals surface area contributed by atoms with Crippen LogP contribution in [-0.4, -0.2) is 29.6 Å². The molecule has 1 amide bonds. The van der Waals surface area contributed by atoms with Gasteiger partial charge in [-0.15, -0.1) is 13.2 Å². The first-order valence-electron chi connectivity index (χ1n) is 7.88. The molecule has 0 aliphatic carbocycles. The molecule has 2 aromatic rings. The summed E-state index contributed by atoms with van der Waals surface area (Å²) in [6.07, 6.45) is -3.31. The van der Waals surface area contributed by atoms with Gasteiger partial charge in [0.05, 0.1) is 17.3 Å². The van der Waals surface area contributed by atoms with Crippen molar-refractivity contribution in [3.05, 3.63) is 52.1 Å². The minimum Gasteiger partial charge on any atom is -0.503 e. The van der Waals surface area contributed by atoms with E-state index in [1.54, 1.807) is 6.07 Å². The van der Waals surface area contributed by atoms with Crippen LogP contribution in [0.3, 0.4) is 0 Å². The van der Waals surface area contributed by atoms with Gasteiger partial charge in [-0.05, 0) is 76.2 Å². The third-order valence-corrected chi connectivity index (χ3v) is 4.68. The van der Waals surface area contributed by atoms with Gasteiger partial charge in [0.2, 0.25) is 0 Å². The van der Waals surface area contributed by atoms with Gasteiger partial charge in [-0.3, -0.25) is 9.69 Å². The van der Waals surface area contributed by atoms with Gasteiger partial charge >= 0.3 is 6.36 Å². The Morgan fingerprint density at radius 1 is 1.24 bits per heavy atom. The molecule has 0 bridgehead atoms. The highest BCUT2D eigenvalue weighted by molar-refractivity contribution is 9.10. The first-order valence-corrected chi connectivity index (χ1v) is 9.08. The lowest BCUT2D eigenvalue weighted by atomic mass is 10.1. The van der Waals surface area contributed by atoms with Crippen molar-refractivity contribution >= 4 is 50.9 Å². The monoisotopic (exact) mass is 488 g/mol. The van der Waals surface area contributed by atoms with E-state index >= 15 is 0 Å². The number of rotatable bonds is 4. The molecule has 11 heteroatoms. The lowest BCUT2D eigenvalue weighted by molar-refractivity contribution is -0.274. The minimum atomic E-state index is -4.81. The number of nitrogens with one attached hydrogen (secondary N) is 1. The molecule has 0 saturated carbocycles. The fraction of sp³-hybridized carbons (Fsp3) is 0.111. The van der Waals surface area contributed by atoms with Crippen molar-refractivity contribution in [1.29, 1.82) is 0 Å². The molecular weight excluding hydrogens is 477 g/mol. The molecule has 0 unspecified atom stereocenters. The van der Waals surface area contributed by atoms with E-state index in [0.29, 0.717) is 10.0 Å². The number of aromatic hydroxyl groups is 1. The number of phenolic OH excluding ortho intramolecular Hbond substituents is 1. The van der Waals surface area contributed by atoms with Gasteiger partial charge in [-0.2, -0.15) is 0 Å². The first kappa shape index (κ1) is 20.9. The molecule has 6 nitrogen and oxygen atoms in total. The van der Waals surface area contributed by atoms with Gasteiger partial charge < -0.3 is 19.9 Å². The number of hydrogen-bond acceptors (Lipinski definition) is 5. The van der Waals surface area contributed by atoms with E-state index in [-0.39, 0.29) is 28.0 Å². The normalized spacial score (nSPS) is 15.6. The third-order valence-electron chi connectivity index (χ3n) is 3.79. The maximum atomic E-state index is 12.7. The van der Waals surface area contributed by atoms with Crippen LogP contribution in [-0.2, 0) is 4.79 Å². The molecule has 1 saturated heterocycles. The van der Waals surface area contributed by atoms with Gasteiger partial charge in [0, 0.05) is 0 Å². The van der Waals surface area contributed by atoms with E-state index in [1.807, 2.05) is 0 Å². The molecule has 2 N–H and O–H groups in total. The molecule has 1 aliphatic rings. The summed E-state index contributed by atoms with van der Waals surface area (Å²) in [6, 6.07) is 7.85.